The van der Waals surface area contributed by atoms with E-state index in [0.29, 0.717) is 5.89 Å². The van der Waals surface area contributed by atoms with Gasteiger partial charge in [-0.2, -0.15) is 0 Å². The smallest absolute Gasteiger partial charge is 0.229 e. The molecule has 3 aliphatic rings. The molecule has 0 unspecified atom stereocenters. The Bertz CT molecular complexity index is 2610. The number of hydrogen-bond donors (Lipinski definition) is 1. The van der Waals surface area contributed by atoms with Gasteiger partial charge in [0.1, 0.15) is 17.2 Å². The molecular formula is C46H35N5O. The topological polar surface area (TPSA) is 67.7 Å². The third kappa shape index (κ3) is 5.31. The van der Waals surface area contributed by atoms with E-state index in [2.05, 4.69) is 101 Å². The maximum absolute atomic E-state index is 6.33. The molecule has 0 radical (unpaired) electrons. The summed E-state index contributed by atoms with van der Waals surface area (Å²) < 4.78 is 8.76. The summed E-state index contributed by atoms with van der Waals surface area (Å²) in [6.07, 6.45) is 12.8. The quantitative estimate of drug-likeness (QED) is 0.191. The van der Waals surface area contributed by atoms with Crippen LogP contribution >= 0.6 is 0 Å². The van der Waals surface area contributed by atoms with E-state index >= 15 is 0 Å². The Kier molecular flexibility index (Phi) is 7.38. The molecule has 250 valence electrons. The number of nitrogens with one attached hydrogen (secondary N) is 1. The predicted molar refractivity (Wildman–Crippen MR) is 212 cm³/mol. The molecule has 0 bridgehead atoms. The maximum Gasteiger partial charge on any atom is 0.229 e. The molecule has 2 aromatic heterocycles. The van der Waals surface area contributed by atoms with Crippen LogP contribution in [0.1, 0.15) is 36.8 Å². The molecular weight excluding hydrogens is 639 g/mol. The van der Waals surface area contributed by atoms with Gasteiger partial charge in [0.25, 0.3) is 0 Å². The summed E-state index contributed by atoms with van der Waals surface area (Å²) in [7, 11) is 0. The Labute approximate surface area is 301 Å². The van der Waals surface area contributed by atoms with Crippen LogP contribution in [0.25, 0.3) is 50.1 Å². The number of hydrogen-bond acceptors (Lipinski definition) is 5. The van der Waals surface area contributed by atoms with Crippen LogP contribution in [0.15, 0.2) is 183 Å². The fraction of sp³-hybridized carbons (Fsp3) is 0.109. The van der Waals surface area contributed by atoms with Gasteiger partial charge in [-0.1, -0.05) is 121 Å². The zero-order valence-electron chi connectivity index (χ0n) is 28.5. The second-order valence-corrected chi connectivity index (χ2v) is 13.5. The summed E-state index contributed by atoms with van der Waals surface area (Å²) >= 11 is 0. The minimum absolute atomic E-state index is 0.319. The second kappa shape index (κ2) is 12.7. The molecule has 1 aliphatic heterocycles. The summed E-state index contributed by atoms with van der Waals surface area (Å²) in [6, 6.07) is 43.7. The van der Waals surface area contributed by atoms with Crippen LogP contribution in [0, 0.1) is 0 Å². The fourth-order valence-corrected chi connectivity index (χ4v) is 7.80. The highest BCUT2D eigenvalue weighted by atomic mass is 16.3. The molecule has 6 heteroatoms. The van der Waals surface area contributed by atoms with Crippen molar-refractivity contribution in [2.24, 2.45) is 9.98 Å². The fourth-order valence-electron chi connectivity index (χ4n) is 7.80. The van der Waals surface area contributed by atoms with Crippen LogP contribution in [0.3, 0.4) is 0 Å². The van der Waals surface area contributed by atoms with E-state index in [0.717, 1.165) is 76.2 Å². The number of aliphatic imine (C=N–C) groups is 2. The van der Waals surface area contributed by atoms with Crippen molar-refractivity contribution in [1.29, 1.82) is 0 Å². The molecule has 6 nitrogen and oxygen atoms in total. The summed E-state index contributed by atoms with van der Waals surface area (Å²) in [5, 5.41) is 5.94. The van der Waals surface area contributed by atoms with Crippen molar-refractivity contribution in [2.75, 3.05) is 0 Å². The van der Waals surface area contributed by atoms with Gasteiger partial charge in [0.2, 0.25) is 5.89 Å². The van der Waals surface area contributed by atoms with Crippen LogP contribution in [0.5, 0.6) is 0 Å². The van der Waals surface area contributed by atoms with Crippen LogP contribution < -0.4 is 5.32 Å². The third-order valence-electron chi connectivity index (χ3n) is 10.3. The zero-order chi connectivity index (χ0) is 34.4. The number of aromatic nitrogens is 2. The highest BCUT2D eigenvalue weighted by Gasteiger charge is 2.25. The number of oxazole rings is 1. The maximum atomic E-state index is 6.33. The first-order valence-electron chi connectivity index (χ1n) is 18.0. The van der Waals surface area contributed by atoms with Gasteiger partial charge in [0.15, 0.2) is 11.7 Å². The van der Waals surface area contributed by atoms with Gasteiger partial charge in [-0.15, -0.1) is 0 Å². The minimum Gasteiger partial charge on any atom is -0.436 e. The number of benzene rings is 5. The van der Waals surface area contributed by atoms with E-state index in [4.69, 9.17) is 19.4 Å². The lowest BCUT2D eigenvalue weighted by Gasteiger charge is -2.26. The van der Waals surface area contributed by atoms with Crippen molar-refractivity contribution in [3.8, 4) is 11.5 Å². The van der Waals surface area contributed by atoms with Gasteiger partial charge in [-0.3, -0.25) is 0 Å². The van der Waals surface area contributed by atoms with E-state index in [1.807, 2.05) is 60.7 Å². The lowest BCUT2D eigenvalue weighted by molar-refractivity contribution is 0.620. The Morgan fingerprint density at radius 2 is 1.35 bits per heavy atom. The molecule has 0 spiro atoms. The standard InChI is InChI=1S/C46H35N5O/c1-3-13-31(14-4-1)43-48-44(32-15-5-2-6-16-32)50-45(49-43)34-18-11-17-33(29-34)30-25-27-35(28-26-30)51-40-23-9-7-19-36(40)37-20-12-21-38(42(37)51)46-47-39-22-8-10-24-41(39)52-46/h1-10,12-16,18-25,27,29,45H,11,17,26,28H2,(H,48,49,50). The molecule has 52 heavy (non-hydrogen) atoms. The summed E-state index contributed by atoms with van der Waals surface area (Å²) in [6.45, 7) is 0. The van der Waals surface area contributed by atoms with Crippen molar-refractivity contribution >= 4 is 50.3 Å². The zero-order valence-corrected chi connectivity index (χ0v) is 28.5. The van der Waals surface area contributed by atoms with Crippen LogP contribution in [-0.2, 0) is 0 Å². The SMILES string of the molecule is C1=C(C2=CC=C(n3c4ccccc4c4cccc(-c5nc6ccccc6o5)c43)CC2)CCC=C1C1N=C(c2ccccc2)NC(c2ccccc2)=N1. The molecule has 0 saturated carbocycles. The van der Waals surface area contributed by atoms with Gasteiger partial charge in [0, 0.05) is 27.6 Å². The van der Waals surface area contributed by atoms with Crippen LogP contribution in [0.2, 0.25) is 0 Å². The molecule has 0 saturated heterocycles. The molecule has 0 atom stereocenters. The number of rotatable bonds is 6. The molecule has 10 rings (SSSR count). The Morgan fingerprint density at radius 3 is 2.10 bits per heavy atom. The van der Waals surface area contributed by atoms with Crippen LogP contribution in [0.4, 0.5) is 0 Å². The van der Waals surface area contributed by atoms with E-state index in [-0.39, 0.29) is 6.17 Å². The van der Waals surface area contributed by atoms with E-state index < -0.39 is 0 Å². The number of allylic oxidation sites excluding steroid dienone is 6. The van der Waals surface area contributed by atoms with Gasteiger partial charge in [-0.25, -0.2) is 15.0 Å². The molecule has 1 N–H and O–H groups in total. The average molecular weight is 674 g/mol. The molecule has 0 fully saturated rings. The average Bonchev–Trinajstić information content (AvgIpc) is 3.81. The first kappa shape index (κ1) is 30.3. The number of para-hydroxylation sites is 4. The lowest BCUT2D eigenvalue weighted by atomic mass is 9.88. The molecule has 7 aromatic rings. The number of fused-ring (bicyclic) bond motifs is 4. The molecule has 5 aromatic carbocycles. The number of amidine groups is 2. The van der Waals surface area contributed by atoms with Gasteiger partial charge in [-0.05, 0) is 72.7 Å². The molecule has 2 aliphatic carbocycles. The molecule has 3 heterocycles. The van der Waals surface area contributed by atoms with Crippen molar-refractivity contribution in [3.63, 3.8) is 0 Å². The Balaban J connectivity index is 1.03. The second-order valence-electron chi connectivity index (χ2n) is 13.5. The van der Waals surface area contributed by atoms with Crippen molar-refractivity contribution in [2.45, 2.75) is 31.8 Å². The summed E-state index contributed by atoms with van der Waals surface area (Å²) in [5.41, 5.74) is 12.2. The van der Waals surface area contributed by atoms with Gasteiger partial charge >= 0.3 is 0 Å². The van der Waals surface area contributed by atoms with Crippen molar-refractivity contribution in [1.82, 2.24) is 14.9 Å². The van der Waals surface area contributed by atoms with E-state index in [1.165, 1.54) is 33.1 Å². The Morgan fingerprint density at radius 1 is 0.635 bits per heavy atom. The third-order valence-corrected chi connectivity index (χ3v) is 10.3. The summed E-state index contributed by atoms with van der Waals surface area (Å²) in [5.74, 6) is 2.33. The molecule has 0 amide bonds. The first-order chi connectivity index (χ1) is 25.8. The largest absolute Gasteiger partial charge is 0.436 e. The van der Waals surface area contributed by atoms with Crippen molar-refractivity contribution in [3.05, 3.63) is 180 Å². The lowest BCUT2D eigenvalue weighted by Crippen LogP contribution is -2.38. The van der Waals surface area contributed by atoms with E-state index in [9.17, 15) is 0 Å². The number of nitrogens with zero attached hydrogens (tertiary/aromatic N) is 4. The normalized spacial score (nSPS) is 16.5. The monoisotopic (exact) mass is 673 g/mol. The Hall–Kier alpha value is -6.53. The summed E-state index contributed by atoms with van der Waals surface area (Å²) in [4.78, 5) is 15.2. The minimum atomic E-state index is -0.319. The highest BCUT2D eigenvalue weighted by molar-refractivity contribution is 6.16. The van der Waals surface area contributed by atoms with Crippen molar-refractivity contribution < 1.29 is 4.42 Å². The predicted octanol–water partition coefficient (Wildman–Crippen LogP) is 10.6. The van der Waals surface area contributed by atoms with E-state index in [1.54, 1.807) is 0 Å². The van der Waals surface area contributed by atoms with Gasteiger partial charge < -0.3 is 14.3 Å². The first-order valence-corrected chi connectivity index (χ1v) is 18.0. The van der Waals surface area contributed by atoms with Crippen LogP contribution in [-0.4, -0.2) is 27.4 Å². The van der Waals surface area contributed by atoms with Gasteiger partial charge in [0.05, 0.1) is 16.6 Å². The highest BCUT2D eigenvalue weighted by Crippen LogP contribution is 2.41.